The van der Waals surface area contributed by atoms with Crippen molar-refractivity contribution < 1.29 is 18.8 Å². The van der Waals surface area contributed by atoms with E-state index < -0.39 is 18.3 Å². The lowest BCUT2D eigenvalue weighted by atomic mass is 9.77. The third kappa shape index (κ3) is 5.37. The normalized spacial score (nSPS) is 15.7. The number of hydrogen-bond acceptors (Lipinski definition) is 6. The number of ether oxygens (including phenoxy) is 2. The van der Waals surface area contributed by atoms with E-state index in [1.807, 2.05) is 107 Å². The summed E-state index contributed by atoms with van der Waals surface area (Å²) >= 11 is 0. The monoisotopic (exact) mass is 616 g/mol. The van der Waals surface area contributed by atoms with Gasteiger partial charge in [0.25, 0.3) is 0 Å². The summed E-state index contributed by atoms with van der Waals surface area (Å²) in [5, 5.41) is 0. The lowest BCUT2D eigenvalue weighted by Crippen LogP contribution is -2.41. The van der Waals surface area contributed by atoms with Crippen LogP contribution < -0.4 is 14.9 Å². The van der Waals surface area contributed by atoms with Crippen LogP contribution in [0.25, 0.3) is 45.0 Å². The summed E-state index contributed by atoms with van der Waals surface area (Å²) in [7, 11) is -0.606. The van der Waals surface area contributed by atoms with Gasteiger partial charge in [0.05, 0.1) is 22.6 Å². The average Bonchev–Trinajstić information content (AvgIpc) is 3.33. The fourth-order valence-electron chi connectivity index (χ4n) is 5.87. The van der Waals surface area contributed by atoms with Crippen LogP contribution in [0.4, 0.5) is 0 Å². The van der Waals surface area contributed by atoms with E-state index in [0.29, 0.717) is 34.5 Å². The molecule has 0 spiro atoms. The molecular weight excluding hydrogens is 583 g/mol. The van der Waals surface area contributed by atoms with Gasteiger partial charge in [-0.15, -0.1) is 0 Å². The molecule has 7 heteroatoms. The van der Waals surface area contributed by atoms with E-state index in [-0.39, 0.29) is 0 Å². The second-order valence-corrected chi connectivity index (χ2v) is 12.9. The summed E-state index contributed by atoms with van der Waals surface area (Å²) in [6.45, 7) is 8.20. The molecule has 6 nitrogen and oxygen atoms in total. The van der Waals surface area contributed by atoms with Gasteiger partial charge in [0.15, 0.2) is 28.8 Å². The molecule has 3 heterocycles. The van der Waals surface area contributed by atoms with Gasteiger partial charge < -0.3 is 18.8 Å². The van der Waals surface area contributed by atoms with Crippen molar-refractivity contribution in [2.75, 3.05) is 0 Å². The van der Waals surface area contributed by atoms with Crippen molar-refractivity contribution in [3.63, 3.8) is 0 Å². The van der Waals surface area contributed by atoms with Crippen LogP contribution in [0.1, 0.15) is 27.7 Å². The lowest BCUT2D eigenvalue weighted by molar-refractivity contribution is 0.00578. The van der Waals surface area contributed by atoms with Crippen molar-refractivity contribution in [2.24, 2.45) is 0 Å². The topological polar surface area (TPSA) is 62.7 Å². The van der Waals surface area contributed by atoms with Gasteiger partial charge in [0.2, 0.25) is 0 Å². The Hall–Kier alpha value is -5.24. The Morgan fingerprint density at radius 1 is 0.489 bits per heavy atom. The number of aromatic nitrogens is 2. The highest BCUT2D eigenvalue weighted by Gasteiger charge is 2.52. The van der Waals surface area contributed by atoms with Crippen LogP contribution in [0.2, 0.25) is 0 Å². The standard InChI is InChI=1S/C40H33BN2O4/c1-39(2)40(3,4)47-41(46-39)30-23-31(37-36(24-30)44-34-17-11-12-18-35(34)45-37)33-25-32(42-38(43-33)29-15-9-6-10-16-29)28-21-19-27(20-22-28)26-13-7-5-8-14-26/h5-25H,1-4H3. The van der Waals surface area contributed by atoms with Gasteiger partial charge in [-0.25, -0.2) is 9.97 Å². The minimum absolute atomic E-state index is 0.508. The minimum Gasteiger partial charge on any atom is -0.450 e. The second kappa shape index (κ2) is 11.2. The Morgan fingerprint density at radius 3 is 1.68 bits per heavy atom. The summed E-state index contributed by atoms with van der Waals surface area (Å²) in [5.74, 6) is 3.03. The molecular formula is C40H33BN2O4. The molecule has 0 N–H and O–H groups in total. The van der Waals surface area contributed by atoms with Crippen LogP contribution in [0, 0.1) is 0 Å². The first-order chi connectivity index (χ1) is 22.7. The fourth-order valence-corrected chi connectivity index (χ4v) is 5.87. The smallest absolute Gasteiger partial charge is 0.450 e. The fraction of sp³-hybridized carbons (Fsp3) is 0.150. The van der Waals surface area contributed by atoms with Crippen LogP contribution in [0.3, 0.4) is 0 Å². The first kappa shape index (κ1) is 29.2. The molecule has 0 unspecified atom stereocenters. The molecule has 230 valence electrons. The molecule has 1 fully saturated rings. The van der Waals surface area contributed by atoms with Crippen molar-refractivity contribution in [1.29, 1.82) is 0 Å². The van der Waals surface area contributed by atoms with Crippen LogP contribution >= 0.6 is 0 Å². The van der Waals surface area contributed by atoms with Crippen molar-refractivity contribution in [3.05, 3.63) is 127 Å². The van der Waals surface area contributed by atoms with Crippen molar-refractivity contribution in [1.82, 2.24) is 9.97 Å². The van der Waals surface area contributed by atoms with E-state index in [1.165, 1.54) is 0 Å². The van der Waals surface area contributed by atoms with E-state index >= 15 is 0 Å². The SMILES string of the molecule is CC1(C)OB(c2cc3c(c(-c4cc(-c5ccc(-c6ccccc6)cc5)nc(-c5ccccc5)n4)c2)Oc2ccccc2O3)OC1(C)C. The second-order valence-electron chi connectivity index (χ2n) is 12.9. The third-order valence-corrected chi connectivity index (χ3v) is 9.21. The molecule has 1 aromatic heterocycles. The highest BCUT2D eigenvalue weighted by molar-refractivity contribution is 6.62. The van der Waals surface area contributed by atoms with E-state index in [2.05, 4.69) is 48.5 Å². The molecule has 2 aliphatic heterocycles. The molecule has 0 amide bonds. The van der Waals surface area contributed by atoms with E-state index in [1.54, 1.807) is 0 Å². The molecule has 1 saturated heterocycles. The maximum atomic E-state index is 6.55. The minimum atomic E-state index is -0.606. The van der Waals surface area contributed by atoms with E-state index in [4.69, 9.17) is 28.8 Å². The summed E-state index contributed by atoms with van der Waals surface area (Å²) in [4.78, 5) is 10.2. The first-order valence-electron chi connectivity index (χ1n) is 15.8. The van der Waals surface area contributed by atoms with Gasteiger partial charge in [-0.05, 0) is 74.6 Å². The largest absolute Gasteiger partial charge is 0.494 e. The highest BCUT2D eigenvalue weighted by atomic mass is 16.7. The number of benzene rings is 5. The molecule has 2 aliphatic rings. The number of para-hydroxylation sites is 2. The van der Waals surface area contributed by atoms with Crippen LogP contribution in [0.15, 0.2) is 127 Å². The Labute approximate surface area is 275 Å². The predicted octanol–water partition coefficient (Wildman–Crippen LogP) is 9.34. The van der Waals surface area contributed by atoms with Crippen molar-refractivity contribution in [3.8, 4) is 68.0 Å². The first-order valence-corrected chi connectivity index (χ1v) is 15.8. The quantitative estimate of drug-likeness (QED) is 0.180. The Morgan fingerprint density at radius 2 is 1.02 bits per heavy atom. The van der Waals surface area contributed by atoms with Crippen molar-refractivity contribution >= 4 is 12.6 Å². The van der Waals surface area contributed by atoms with Crippen LogP contribution in [-0.4, -0.2) is 28.3 Å². The van der Waals surface area contributed by atoms with Gasteiger partial charge in [-0.1, -0.05) is 97.1 Å². The molecule has 0 saturated carbocycles. The van der Waals surface area contributed by atoms with E-state index in [0.717, 1.165) is 39.0 Å². The predicted molar refractivity (Wildman–Crippen MR) is 186 cm³/mol. The molecule has 0 atom stereocenters. The molecule has 6 aromatic rings. The molecule has 8 rings (SSSR count). The van der Waals surface area contributed by atoms with Gasteiger partial charge in [-0.2, -0.15) is 0 Å². The Balaban J connectivity index is 1.30. The van der Waals surface area contributed by atoms with Crippen LogP contribution in [0.5, 0.6) is 23.0 Å². The number of rotatable bonds is 5. The lowest BCUT2D eigenvalue weighted by Gasteiger charge is -2.32. The highest BCUT2D eigenvalue weighted by Crippen LogP contribution is 2.50. The van der Waals surface area contributed by atoms with Gasteiger partial charge >= 0.3 is 7.12 Å². The maximum absolute atomic E-state index is 6.55. The van der Waals surface area contributed by atoms with Crippen molar-refractivity contribution in [2.45, 2.75) is 38.9 Å². The zero-order chi connectivity index (χ0) is 32.2. The zero-order valence-electron chi connectivity index (χ0n) is 26.7. The Bertz CT molecular complexity index is 2080. The van der Waals surface area contributed by atoms with Gasteiger partial charge in [0, 0.05) is 16.7 Å². The number of nitrogens with zero attached hydrogens (tertiary/aromatic N) is 2. The molecule has 5 aromatic carbocycles. The van der Waals surface area contributed by atoms with Gasteiger partial charge in [-0.3, -0.25) is 0 Å². The van der Waals surface area contributed by atoms with Crippen LogP contribution in [-0.2, 0) is 9.31 Å². The number of fused-ring (bicyclic) bond motifs is 2. The maximum Gasteiger partial charge on any atom is 0.494 e. The summed E-state index contributed by atoms with van der Waals surface area (Å²) in [6.07, 6.45) is 0. The summed E-state index contributed by atoms with van der Waals surface area (Å²) in [6, 6.07) is 42.5. The molecule has 47 heavy (non-hydrogen) atoms. The number of hydrogen-bond donors (Lipinski definition) is 0. The summed E-state index contributed by atoms with van der Waals surface area (Å²) < 4.78 is 26.0. The zero-order valence-corrected chi connectivity index (χ0v) is 26.7. The molecule has 0 radical (unpaired) electrons. The summed E-state index contributed by atoms with van der Waals surface area (Å²) in [5.41, 5.74) is 6.23. The Kier molecular flexibility index (Phi) is 6.97. The van der Waals surface area contributed by atoms with E-state index in [9.17, 15) is 0 Å². The van der Waals surface area contributed by atoms with Gasteiger partial charge in [0.1, 0.15) is 0 Å². The third-order valence-electron chi connectivity index (χ3n) is 9.21. The average molecular weight is 617 g/mol. The molecule has 0 aliphatic carbocycles. The molecule has 0 bridgehead atoms.